The molecule has 0 unspecified atom stereocenters. The summed E-state index contributed by atoms with van der Waals surface area (Å²) in [5, 5.41) is 0.468. The monoisotopic (exact) mass is 371 g/mol. The van der Waals surface area contributed by atoms with Gasteiger partial charge < -0.3 is 4.74 Å². The topological polar surface area (TPSA) is 74.8 Å². The van der Waals surface area contributed by atoms with Crippen LogP contribution >= 0.6 is 0 Å². The summed E-state index contributed by atoms with van der Waals surface area (Å²) in [7, 11) is 1.61. The Bertz CT molecular complexity index is 1370. The van der Waals surface area contributed by atoms with Gasteiger partial charge in [-0.3, -0.25) is 13.9 Å². The fourth-order valence-electron chi connectivity index (χ4n) is 3.44. The number of para-hydroxylation sites is 3. The minimum Gasteiger partial charge on any atom is -0.383 e. The van der Waals surface area contributed by atoms with Crippen molar-refractivity contribution in [3.05, 3.63) is 71.3 Å². The van der Waals surface area contributed by atoms with E-state index in [2.05, 4.69) is 4.98 Å². The standard InChI is InChI=1S/C21H17N5O2/c1-28-12-11-25-13-22-19-17(21(25)27)18-20(26(19)14-7-3-2-4-8-14)24-16-10-6-5-9-15(16)23-18/h2-10,13H,11-12H2,1H3. The lowest BCUT2D eigenvalue weighted by Gasteiger charge is -2.07. The third kappa shape index (κ3) is 2.48. The van der Waals surface area contributed by atoms with Gasteiger partial charge in [-0.1, -0.05) is 30.3 Å². The Kier molecular flexibility index (Phi) is 3.87. The fraction of sp³-hybridized carbons (Fsp3) is 0.143. The molecule has 3 aromatic heterocycles. The fourth-order valence-corrected chi connectivity index (χ4v) is 3.44. The Hall–Kier alpha value is -3.58. The van der Waals surface area contributed by atoms with Crippen LogP contribution in [0, 0.1) is 0 Å². The third-order valence-corrected chi connectivity index (χ3v) is 4.78. The molecule has 7 heteroatoms. The number of hydrogen-bond acceptors (Lipinski definition) is 5. The van der Waals surface area contributed by atoms with Crippen molar-refractivity contribution in [3.8, 4) is 5.69 Å². The van der Waals surface area contributed by atoms with Crippen LogP contribution in [0.4, 0.5) is 0 Å². The van der Waals surface area contributed by atoms with Gasteiger partial charge in [-0.25, -0.2) is 15.0 Å². The number of hydrogen-bond donors (Lipinski definition) is 0. The number of methoxy groups -OCH3 is 1. The smallest absolute Gasteiger partial charge is 0.265 e. The van der Waals surface area contributed by atoms with Gasteiger partial charge in [0.2, 0.25) is 0 Å². The molecule has 0 aliphatic heterocycles. The second-order valence-electron chi connectivity index (χ2n) is 6.49. The SMILES string of the molecule is COCCn1cnc2c(c1=O)c1nc3ccccc3nc1n2-c1ccccc1. The molecule has 0 spiro atoms. The summed E-state index contributed by atoms with van der Waals surface area (Å²) < 4.78 is 8.56. The molecule has 0 bridgehead atoms. The number of rotatable bonds is 4. The zero-order chi connectivity index (χ0) is 19.1. The van der Waals surface area contributed by atoms with E-state index >= 15 is 0 Å². The molecule has 0 aliphatic carbocycles. The normalized spacial score (nSPS) is 11.6. The lowest BCUT2D eigenvalue weighted by Crippen LogP contribution is -2.22. The summed E-state index contributed by atoms with van der Waals surface area (Å²) in [4.78, 5) is 27.4. The number of fused-ring (bicyclic) bond motifs is 4. The van der Waals surface area contributed by atoms with Crippen LogP contribution in [0.2, 0.25) is 0 Å². The molecule has 0 saturated carbocycles. The molecule has 7 nitrogen and oxygen atoms in total. The summed E-state index contributed by atoms with van der Waals surface area (Å²) in [5.74, 6) is 0. The molecule has 0 atom stereocenters. The third-order valence-electron chi connectivity index (χ3n) is 4.78. The molecule has 0 saturated heterocycles. The average Bonchev–Trinajstić information content (AvgIpc) is 3.06. The van der Waals surface area contributed by atoms with Crippen LogP contribution < -0.4 is 5.56 Å². The second kappa shape index (κ2) is 6.54. The summed E-state index contributed by atoms with van der Waals surface area (Å²) >= 11 is 0. The van der Waals surface area contributed by atoms with Crippen LogP contribution in [-0.2, 0) is 11.3 Å². The predicted molar refractivity (Wildman–Crippen MR) is 108 cm³/mol. The van der Waals surface area contributed by atoms with Gasteiger partial charge in [-0.2, -0.15) is 0 Å². The summed E-state index contributed by atoms with van der Waals surface area (Å²) in [6.07, 6.45) is 1.56. The van der Waals surface area contributed by atoms with E-state index in [1.165, 1.54) is 0 Å². The van der Waals surface area contributed by atoms with Gasteiger partial charge in [0, 0.05) is 12.8 Å². The molecular weight excluding hydrogens is 354 g/mol. The molecule has 2 aromatic carbocycles. The summed E-state index contributed by atoms with van der Waals surface area (Å²) in [6, 6.07) is 17.4. The van der Waals surface area contributed by atoms with Gasteiger partial charge in [0.25, 0.3) is 5.56 Å². The van der Waals surface area contributed by atoms with E-state index in [1.54, 1.807) is 18.0 Å². The molecule has 0 fully saturated rings. The molecule has 138 valence electrons. The molecule has 3 heterocycles. The number of benzene rings is 2. The Labute approximate surface area is 159 Å². The Morgan fingerprint density at radius 1 is 0.929 bits per heavy atom. The van der Waals surface area contributed by atoms with E-state index in [-0.39, 0.29) is 5.56 Å². The Balaban J connectivity index is 1.94. The maximum atomic E-state index is 13.2. The first-order valence-electron chi connectivity index (χ1n) is 8.98. The second-order valence-corrected chi connectivity index (χ2v) is 6.49. The summed E-state index contributed by atoms with van der Waals surface area (Å²) in [5.41, 5.74) is 3.98. The molecule has 0 amide bonds. The van der Waals surface area contributed by atoms with E-state index in [0.717, 1.165) is 16.7 Å². The minimum atomic E-state index is -0.147. The molecular formula is C21H17N5O2. The van der Waals surface area contributed by atoms with Crippen molar-refractivity contribution in [3.63, 3.8) is 0 Å². The number of ether oxygens (including phenoxy) is 1. The lowest BCUT2D eigenvalue weighted by molar-refractivity contribution is 0.186. The van der Waals surface area contributed by atoms with Crippen molar-refractivity contribution < 1.29 is 4.74 Å². The zero-order valence-electron chi connectivity index (χ0n) is 15.2. The summed E-state index contributed by atoms with van der Waals surface area (Å²) in [6.45, 7) is 0.857. The van der Waals surface area contributed by atoms with Gasteiger partial charge >= 0.3 is 0 Å². The van der Waals surface area contributed by atoms with Crippen LogP contribution in [0.15, 0.2) is 65.7 Å². The lowest BCUT2D eigenvalue weighted by atomic mass is 10.3. The highest BCUT2D eigenvalue weighted by Crippen LogP contribution is 2.27. The Morgan fingerprint density at radius 3 is 2.39 bits per heavy atom. The van der Waals surface area contributed by atoms with E-state index < -0.39 is 0 Å². The predicted octanol–water partition coefficient (Wildman–Crippen LogP) is 2.93. The first-order valence-corrected chi connectivity index (χ1v) is 8.98. The van der Waals surface area contributed by atoms with Gasteiger partial charge in [0.1, 0.15) is 17.2 Å². The first-order chi connectivity index (χ1) is 13.8. The van der Waals surface area contributed by atoms with E-state index in [9.17, 15) is 4.79 Å². The van der Waals surface area contributed by atoms with Crippen LogP contribution in [0.3, 0.4) is 0 Å². The molecule has 5 rings (SSSR count). The Morgan fingerprint density at radius 2 is 1.64 bits per heavy atom. The van der Waals surface area contributed by atoms with Crippen molar-refractivity contribution >= 4 is 33.2 Å². The van der Waals surface area contributed by atoms with E-state index in [4.69, 9.17) is 14.7 Å². The molecule has 28 heavy (non-hydrogen) atoms. The maximum Gasteiger partial charge on any atom is 0.265 e. The first kappa shape index (κ1) is 16.6. The van der Waals surface area contributed by atoms with Crippen LogP contribution in [-0.4, -0.2) is 37.8 Å². The number of nitrogens with zero attached hydrogens (tertiary/aromatic N) is 5. The molecule has 0 radical (unpaired) electrons. The highest BCUT2D eigenvalue weighted by Gasteiger charge is 2.20. The van der Waals surface area contributed by atoms with Crippen LogP contribution in [0.5, 0.6) is 0 Å². The van der Waals surface area contributed by atoms with Crippen molar-refractivity contribution in [1.82, 2.24) is 24.1 Å². The van der Waals surface area contributed by atoms with Crippen LogP contribution in [0.1, 0.15) is 0 Å². The van der Waals surface area contributed by atoms with Crippen molar-refractivity contribution in [2.45, 2.75) is 6.54 Å². The average molecular weight is 371 g/mol. The van der Waals surface area contributed by atoms with Crippen LogP contribution in [0.25, 0.3) is 38.9 Å². The minimum absolute atomic E-state index is 0.147. The van der Waals surface area contributed by atoms with Gasteiger partial charge in [0.05, 0.1) is 24.2 Å². The highest BCUT2D eigenvalue weighted by atomic mass is 16.5. The van der Waals surface area contributed by atoms with Gasteiger partial charge in [0.15, 0.2) is 11.3 Å². The number of aromatic nitrogens is 5. The largest absolute Gasteiger partial charge is 0.383 e. The van der Waals surface area contributed by atoms with Crippen molar-refractivity contribution in [2.75, 3.05) is 13.7 Å². The van der Waals surface area contributed by atoms with E-state index in [0.29, 0.717) is 35.3 Å². The zero-order valence-corrected chi connectivity index (χ0v) is 15.2. The molecule has 0 N–H and O–H groups in total. The van der Waals surface area contributed by atoms with Gasteiger partial charge in [-0.15, -0.1) is 0 Å². The maximum absolute atomic E-state index is 13.2. The molecule has 0 aliphatic rings. The molecule has 5 aromatic rings. The highest BCUT2D eigenvalue weighted by molar-refractivity contribution is 6.05. The van der Waals surface area contributed by atoms with E-state index in [1.807, 2.05) is 59.2 Å². The van der Waals surface area contributed by atoms with Crippen molar-refractivity contribution in [1.29, 1.82) is 0 Å². The van der Waals surface area contributed by atoms with Gasteiger partial charge in [-0.05, 0) is 24.3 Å². The van der Waals surface area contributed by atoms with Crippen molar-refractivity contribution in [2.24, 2.45) is 0 Å². The quantitative estimate of drug-likeness (QED) is 0.486.